The lowest BCUT2D eigenvalue weighted by atomic mass is 9.95. The maximum atomic E-state index is 8.95. The Morgan fingerprint density at radius 3 is 1.42 bits per heavy atom. The summed E-state index contributed by atoms with van der Waals surface area (Å²) in [5.74, 6) is 0. The highest BCUT2D eigenvalue weighted by atomic mass is 14.8. The van der Waals surface area contributed by atoms with Crippen molar-refractivity contribution < 1.29 is 0 Å². The third-order valence-corrected chi connectivity index (χ3v) is 3.96. The Labute approximate surface area is 141 Å². The number of hydrogen-bond acceptors (Lipinski definition) is 3. The molecular formula is C21H15N3. The van der Waals surface area contributed by atoms with E-state index in [0.29, 0.717) is 11.1 Å². The van der Waals surface area contributed by atoms with Crippen molar-refractivity contribution >= 4 is 5.69 Å². The molecule has 0 atom stereocenters. The quantitative estimate of drug-likeness (QED) is 0.755. The number of anilines is 1. The average Bonchev–Trinajstić information content (AvgIpc) is 2.67. The first-order valence-electron chi connectivity index (χ1n) is 7.58. The van der Waals surface area contributed by atoms with Crippen molar-refractivity contribution in [2.75, 3.05) is 12.4 Å². The van der Waals surface area contributed by atoms with E-state index in [0.717, 1.165) is 27.9 Å². The molecule has 0 saturated carbocycles. The van der Waals surface area contributed by atoms with Crippen LogP contribution in [0.15, 0.2) is 66.7 Å². The van der Waals surface area contributed by atoms with Crippen LogP contribution in [0.5, 0.6) is 0 Å². The van der Waals surface area contributed by atoms with Gasteiger partial charge < -0.3 is 5.32 Å². The molecule has 3 aromatic rings. The van der Waals surface area contributed by atoms with Gasteiger partial charge in [-0.1, -0.05) is 42.5 Å². The van der Waals surface area contributed by atoms with E-state index in [-0.39, 0.29) is 0 Å². The van der Waals surface area contributed by atoms with E-state index in [1.807, 2.05) is 61.6 Å². The maximum Gasteiger partial charge on any atom is 0.0991 e. The van der Waals surface area contributed by atoms with Gasteiger partial charge in [0, 0.05) is 23.9 Å². The summed E-state index contributed by atoms with van der Waals surface area (Å²) in [6.45, 7) is 0. The first kappa shape index (κ1) is 15.3. The van der Waals surface area contributed by atoms with Crippen molar-refractivity contribution in [2.24, 2.45) is 0 Å². The van der Waals surface area contributed by atoms with Crippen molar-refractivity contribution in [1.29, 1.82) is 10.5 Å². The molecule has 3 nitrogen and oxygen atoms in total. The molecule has 0 aliphatic carbocycles. The first-order chi connectivity index (χ1) is 11.8. The molecule has 1 N–H and O–H groups in total. The molecule has 24 heavy (non-hydrogen) atoms. The SMILES string of the molecule is CNc1c(-c2ccc(C#N)cc2)cccc1-c1ccc(C#N)cc1. The summed E-state index contributed by atoms with van der Waals surface area (Å²) in [4.78, 5) is 0. The number of rotatable bonds is 3. The highest BCUT2D eigenvalue weighted by Gasteiger charge is 2.10. The van der Waals surface area contributed by atoms with Crippen LogP contribution in [-0.4, -0.2) is 7.05 Å². The van der Waals surface area contributed by atoms with E-state index in [1.165, 1.54) is 0 Å². The number of para-hydroxylation sites is 1. The molecule has 3 rings (SSSR count). The molecule has 0 amide bonds. The van der Waals surface area contributed by atoms with E-state index in [2.05, 4.69) is 29.6 Å². The number of nitriles is 2. The lowest BCUT2D eigenvalue weighted by Crippen LogP contribution is -1.95. The van der Waals surface area contributed by atoms with Gasteiger partial charge in [0.1, 0.15) is 0 Å². The summed E-state index contributed by atoms with van der Waals surface area (Å²) < 4.78 is 0. The average molecular weight is 309 g/mol. The maximum absolute atomic E-state index is 8.95. The van der Waals surface area contributed by atoms with E-state index >= 15 is 0 Å². The Balaban J connectivity index is 2.11. The molecular weight excluding hydrogens is 294 g/mol. The van der Waals surface area contributed by atoms with E-state index in [1.54, 1.807) is 0 Å². The van der Waals surface area contributed by atoms with Crippen LogP contribution in [0.3, 0.4) is 0 Å². The number of nitrogens with zero attached hydrogens (tertiary/aromatic N) is 2. The monoisotopic (exact) mass is 309 g/mol. The molecule has 0 radical (unpaired) electrons. The van der Waals surface area contributed by atoms with Crippen LogP contribution in [0, 0.1) is 22.7 Å². The minimum atomic E-state index is 0.646. The molecule has 0 saturated heterocycles. The first-order valence-corrected chi connectivity index (χ1v) is 7.58. The molecule has 114 valence electrons. The normalized spacial score (nSPS) is 9.79. The van der Waals surface area contributed by atoms with Gasteiger partial charge in [-0.3, -0.25) is 0 Å². The Morgan fingerprint density at radius 2 is 1.08 bits per heavy atom. The standard InChI is InChI=1S/C21H15N3/c1-24-21-19(17-9-5-15(13-22)6-10-17)3-2-4-20(21)18-11-7-16(14-23)8-12-18/h2-12,24H,1H3. The van der Waals surface area contributed by atoms with Crippen LogP contribution in [0.25, 0.3) is 22.3 Å². The molecule has 0 unspecified atom stereocenters. The fourth-order valence-electron chi connectivity index (χ4n) is 2.75. The van der Waals surface area contributed by atoms with Crippen molar-refractivity contribution in [2.45, 2.75) is 0 Å². The predicted octanol–water partition coefficient (Wildman–Crippen LogP) is 4.81. The van der Waals surface area contributed by atoms with E-state index in [4.69, 9.17) is 10.5 Å². The van der Waals surface area contributed by atoms with Gasteiger partial charge in [0.05, 0.1) is 23.3 Å². The van der Waals surface area contributed by atoms with E-state index in [9.17, 15) is 0 Å². The lowest BCUT2D eigenvalue weighted by Gasteiger charge is -2.15. The molecule has 3 aromatic carbocycles. The second-order valence-corrected chi connectivity index (χ2v) is 5.36. The minimum absolute atomic E-state index is 0.646. The third kappa shape index (κ3) is 2.84. The number of benzene rings is 3. The van der Waals surface area contributed by atoms with Crippen LogP contribution in [0.1, 0.15) is 11.1 Å². The van der Waals surface area contributed by atoms with Crippen molar-refractivity contribution in [3.8, 4) is 34.4 Å². The van der Waals surface area contributed by atoms with Crippen LogP contribution < -0.4 is 5.32 Å². The highest BCUT2D eigenvalue weighted by molar-refractivity contribution is 5.90. The Morgan fingerprint density at radius 1 is 0.667 bits per heavy atom. The Hall–Kier alpha value is -3.56. The van der Waals surface area contributed by atoms with Gasteiger partial charge in [0.25, 0.3) is 0 Å². The fourth-order valence-corrected chi connectivity index (χ4v) is 2.75. The fraction of sp³-hybridized carbons (Fsp3) is 0.0476. The van der Waals surface area contributed by atoms with Gasteiger partial charge in [-0.2, -0.15) is 10.5 Å². The summed E-state index contributed by atoms with van der Waals surface area (Å²) in [7, 11) is 1.90. The van der Waals surface area contributed by atoms with Crippen molar-refractivity contribution in [3.63, 3.8) is 0 Å². The summed E-state index contributed by atoms with van der Waals surface area (Å²) in [5.41, 5.74) is 6.56. The molecule has 0 aromatic heterocycles. The number of hydrogen-bond donors (Lipinski definition) is 1. The topological polar surface area (TPSA) is 59.6 Å². The largest absolute Gasteiger partial charge is 0.387 e. The zero-order chi connectivity index (χ0) is 16.9. The van der Waals surface area contributed by atoms with Gasteiger partial charge in [-0.05, 0) is 35.4 Å². The molecule has 0 bridgehead atoms. The van der Waals surface area contributed by atoms with Crippen LogP contribution in [0.4, 0.5) is 5.69 Å². The highest BCUT2D eigenvalue weighted by Crippen LogP contribution is 2.36. The Kier molecular flexibility index (Phi) is 4.27. The second-order valence-electron chi connectivity index (χ2n) is 5.36. The molecule has 0 heterocycles. The zero-order valence-electron chi connectivity index (χ0n) is 13.2. The molecule has 0 aliphatic heterocycles. The summed E-state index contributed by atoms with van der Waals surface area (Å²) in [6, 6.07) is 25.5. The molecule has 0 spiro atoms. The summed E-state index contributed by atoms with van der Waals surface area (Å²) >= 11 is 0. The third-order valence-electron chi connectivity index (χ3n) is 3.96. The molecule has 0 aliphatic rings. The van der Waals surface area contributed by atoms with Crippen LogP contribution >= 0.6 is 0 Å². The zero-order valence-corrected chi connectivity index (χ0v) is 13.2. The summed E-state index contributed by atoms with van der Waals surface area (Å²) in [5, 5.41) is 21.2. The smallest absolute Gasteiger partial charge is 0.0991 e. The minimum Gasteiger partial charge on any atom is -0.387 e. The second kappa shape index (κ2) is 6.69. The van der Waals surface area contributed by atoms with E-state index < -0.39 is 0 Å². The predicted molar refractivity (Wildman–Crippen MR) is 96.3 cm³/mol. The van der Waals surface area contributed by atoms with Crippen molar-refractivity contribution in [3.05, 3.63) is 77.9 Å². The lowest BCUT2D eigenvalue weighted by molar-refractivity contribution is 1.46. The van der Waals surface area contributed by atoms with Gasteiger partial charge in [-0.25, -0.2) is 0 Å². The van der Waals surface area contributed by atoms with Gasteiger partial charge in [-0.15, -0.1) is 0 Å². The van der Waals surface area contributed by atoms with Gasteiger partial charge >= 0.3 is 0 Å². The number of nitrogens with one attached hydrogen (secondary N) is 1. The molecule has 0 fully saturated rings. The Bertz CT molecular complexity index is 865. The van der Waals surface area contributed by atoms with Crippen molar-refractivity contribution in [1.82, 2.24) is 0 Å². The summed E-state index contributed by atoms with van der Waals surface area (Å²) in [6.07, 6.45) is 0. The van der Waals surface area contributed by atoms with Crippen LogP contribution in [0.2, 0.25) is 0 Å². The molecule has 3 heteroatoms. The van der Waals surface area contributed by atoms with Crippen LogP contribution in [-0.2, 0) is 0 Å². The van der Waals surface area contributed by atoms with Gasteiger partial charge in [0.15, 0.2) is 0 Å². The van der Waals surface area contributed by atoms with Gasteiger partial charge in [0.2, 0.25) is 0 Å².